The highest BCUT2D eigenvalue weighted by Crippen LogP contribution is 2.64. The first-order valence-corrected chi connectivity index (χ1v) is 14.4. The number of fused-ring (bicyclic) bond motifs is 3. The Balaban J connectivity index is 2.05. The van der Waals surface area contributed by atoms with Crippen LogP contribution < -0.4 is 0 Å². The van der Waals surface area contributed by atoms with Gasteiger partial charge < -0.3 is 10.2 Å². The molecule has 0 bridgehead atoms. The zero-order chi connectivity index (χ0) is 31.4. The van der Waals surface area contributed by atoms with E-state index in [9.17, 15) is 39.0 Å². The van der Waals surface area contributed by atoms with E-state index >= 15 is 0 Å². The molecule has 222 valence electrons. The fourth-order valence-electron chi connectivity index (χ4n) is 8.41. The van der Waals surface area contributed by atoms with Gasteiger partial charge in [0.25, 0.3) is 0 Å². The molecule has 3 aliphatic rings. The van der Waals surface area contributed by atoms with Gasteiger partial charge in [0.05, 0.1) is 11.5 Å². The van der Waals surface area contributed by atoms with E-state index in [2.05, 4.69) is 0 Å². The molecule has 0 aromatic heterocycles. The summed E-state index contributed by atoms with van der Waals surface area (Å²) in [4.78, 5) is 81.5. The highest BCUT2D eigenvalue weighted by atomic mass is 16.3. The highest BCUT2D eigenvalue weighted by molar-refractivity contribution is 6.32. The summed E-state index contributed by atoms with van der Waals surface area (Å²) in [6.45, 7) is 16.6. The normalized spacial score (nSPS) is 34.2. The monoisotopic (exact) mass is 566 g/mol. The van der Waals surface area contributed by atoms with E-state index in [1.54, 1.807) is 40.7 Å². The molecule has 4 unspecified atom stereocenters. The van der Waals surface area contributed by atoms with Crippen molar-refractivity contribution in [3.05, 3.63) is 28.3 Å². The van der Waals surface area contributed by atoms with Crippen LogP contribution in [0.3, 0.4) is 0 Å². The zero-order valence-electron chi connectivity index (χ0n) is 25.7. The average molecular weight is 567 g/mol. The Kier molecular flexibility index (Phi) is 6.98. The Hall–Kier alpha value is -3.00. The number of carbonyl (C=O) groups excluding carboxylic acids is 6. The molecule has 2 fully saturated rings. The summed E-state index contributed by atoms with van der Waals surface area (Å²) in [6, 6.07) is 1.77. The van der Waals surface area contributed by atoms with E-state index in [0.29, 0.717) is 16.7 Å². The Morgan fingerprint density at radius 2 is 1.56 bits per heavy atom. The van der Waals surface area contributed by atoms with E-state index in [0.717, 1.165) is 6.92 Å². The number of phenols is 1. The van der Waals surface area contributed by atoms with Crippen molar-refractivity contribution >= 4 is 34.7 Å². The fourth-order valence-corrected chi connectivity index (χ4v) is 8.41. The van der Waals surface area contributed by atoms with Gasteiger partial charge in [-0.15, -0.1) is 0 Å². The second-order valence-corrected chi connectivity index (χ2v) is 14.6. The molecule has 41 heavy (non-hydrogen) atoms. The molecule has 2 N–H and O–H groups in total. The van der Waals surface area contributed by atoms with Crippen LogP contribution in [0.15, 0.2) is 6.07 Å². The van der Waals surface area contributed by atoms with E-state index in [-0.39, 0.29) is 29.9 Å². The van der Waals surface area contributed by atoms with Gasteiger partial charge in [-0.3, -0.25) is 28.8 Å². The minimum absolute atomic E-state index is 0.0291. The Labute approximate surface area is 241 Å². The third-order valence-corrected chi connectivity index (χ3v) is 10.3. The minimum atomic E-state index is -2.74. The molecule has 0 radical (unpaired) electrons. The Bertz CT molecular complexity index is 1430. The first-order valence-electron chi connectivity index (χ1n) is 14.4. The van der Waals surface area contributed by atoms with Gasteiger partial charge in [-0.2, -0.15) is 0 Å². The van der Waals surface area contributed by atoms with E-state index in [1.807, 2.05) is 20.8 Å². The van der Waals surface area contributed by atoms with Crippen LogP contribution in [0.25, 0.3) is 0 Å². The van der Waals surface area contributed by atoms with Gasteiger partial charge in [0.15, 0.2) is 28.7 Å². The molecular formula is C33H42O8. The van der Waals surface area contributed by atoms with Crippen molar-refractivity contribution in [2.45, 2.75) is 99.0 Å². The number of hydrogen-bond acceptors (Lipinski definition) is 8. The standard InChI is InChI=1S/C33H42O8/c1-14(2)23-26(37)21(17(5)35)28(39)33(41)29(40)24-27(38)22-19(12-31(24,9)13-32(23,33)10)18(15(3)16(4)34)11-20(25(22)36)30(6,7)8/h11,14-15,21,23-24,36,41H,12-13H2,1-10H3/t15?,21?,23?,24?,31-,32-,33+/m1/s1. The fraction of sp³-hybridized carbons (Fsp3) is 0.636. The van der Waals surface area contributed by atoms with Gasteiger partial charge in [-0.1, -0.05) is 61.5 Å². The number of carbonyl (C=O) groups is 6. The van der Waals surface area contributed by atoms with Crippen molar-refractivity contribution in [2.24, 2.45) is 34.5 Å². The lowest BCUT2D eigenvalue weighted by Gasteiger charge is -2.62. The smallest absolute Gasteiger partial charge is 0.190 e. The molecule has 0 heterocycles. The van der Waals surface area contributed by atoms with Crippen molar-refractivity contribution in [3.8, 4) is 5.75 Å². The molecule has 3 aliphatic carbocycles. The van der Waals surface area contributed by atoms with Gasteiger partial charge in [-0.25, -0.2) is 0 Å². The largest absolute Gasteiger partial charge is 0.507 e. The minimum Gasteiger partial charge on any atom is -0.507 e. The van der Waals surface area contributed by atoms with Crippen LogP contribution in [0.5, 0.6) is 5.75 Å². The summed E-state index contributed by atoms with van der Waals surface area (Å²) in [6.07, 6.45) is 0.0864. The average Bonchev–Trinajstić information content (AvgIpc) is 2.79. The van der Waals surface area contributed by atoms with Crippen molar-refractivity contribution in [2.75, 3.05) is 0 Å². The topological polar surface area (TPSA) is 143 Å². The van der Waals surface area contributed by atoms with Crippen LogP contribution in [0.1, 0.15) is 109 Å². The van der Waals surface area contributed by atoms with Crippen molar-refractivity contribution in [1.82, 2.24) is 0 Å². The molecule has 8 heteroatoms. The van der Waals surface area contributed by atoms with E-state index in [1.165, 1.54) is 6.92 Å². The van der Waals surface area contributed by atoms with Crippen molar-refractivity contribution < 1.29 is 39.0 Å². The lowest BCUT2D eigenvalue weighted by molar-refractivity contribution is -0.205. The second kappa shape index (κ2) is 9.25. The molecule has 1 aromatic rings. The maximum Gasteiger partial charge on any atom is 0.190 e. The second-order valence-electron chi connectivity index (χ2n) is 14.6. The zero-order valence-corrected chi connectivity index (χ0v) is 25.7. The number of Topliss-reactive ketones (excluding diaryl/α,β-unsaturated/α-hetero) is 6. The first-order chi connectivity index (χ1) is 18.6. The van der Waals surface area contributed by atoms with Gasteiger partial charge >= 0.3 is 0 Å². The molecular weight excluding hydrogens is 524 g/mol. The SMILES string of the molecule is CC(=O)C1C(=O)C(C(C)C)[C@@]2(C)C[C@@]3(C)Cc4c(C(C)C(C)=O)cc(C(C)(C)C)c(O)c4C(=O)C3C(=O)[C@@]2(O)C1=O. The number of phenolic OH excluding ortho intramolecular Hbond substituents is 1. The molecule has 0 aliphatic heterocycles. The maximum absolute atomic E-state index is 14.5. The summed E-state index contributed by atoms with van der Waals surface area (Å²) in [7, 11) is 0. The van der Waals surface area contributed by atoms with Crippen LogP contribution in [-0.4, -0.2) is 50.5 Å². The van der Waals surface area contributed by atoms with Crippen LogP contribution in [0, 0.1) is 34.5 Å². The molecule has 2 saturated carbocycles. The number of rotatable bonds is 4. The summed E-state index contributed by atoms with van der Waals surface area (Å²) >= 11 is 0. The third kappa shape index (κ3) is 3.96. The predicted octanol–water partition coefficient (Wildman–Crippen LogP) is 4.08. The first kappa shape index (κ1) is 30.9. The molecule has 0 saturated heterocycles. The molecule has 8 nitrogen and oxygen atoms in total. The molecule has 0 spiro atoms. The third-order valence-electron chi connectivity index (χ3n) is 10.3. The number of benzene rings is 1. The number of hydrogen-bond donors (Lipinski definition) is 2. The van der Waals surface area contributed by atoms with Gasteiger partial charge in [0.1, 0.15) is 23.2 Å². The van der Waals surface area contributed by atoms with Crippen molar-refractivity contribution in [3.63, 3.8) is 0 Å². The van der Waals surface area contributed by atoms with Crippen LogP contribution >= 0.6 is 0 Å². The van der Waals surface area contributed by atoms with Crippen LogP contribution in [0.2, 0.25) is 0 Å². The van der Waals surface area contributed by atoms with Gasteiger partial charge in [0, 0.05) is 22.8 Å². The Morgan fingerprint density at radius 3 is 2.02 bits per heavy atom. The molecule has 7 atom stereocenters. The molecule has 1 aromatic carbocycles. The number of ketones is 6. The van der Waals surface area contributed by atoms with E-state index < -0.39 is 80.4 Å². The summed E-state index contributed by atoms with van der Waals surface area (Å²) in [5.74, 6) is -9.97. The summed E-state index contributed by atoms with van der Waals surface area (Å²) < 4.78 is 0. The maximum atomic E-state index is 14.5. The van der Waals surface area contributed by atoms with E-state index in [4.69, 9.17) is 0 Å². The molecule has 4 rings (SSSR count). The number of aromatic hydroxyl groups is 1. The highest BCUT2D eigenvalue weighted by Gasteiger charge is 2.76. The van der Waals surface area contributed by atoms with Crippen LogP contribution in [0.4, 0.5) is 0 Å². The predicted molar refractivity (Wildman–Crippen MR) is 151 cm³/mol. The Morgan fingerprint density at radius 1 is 1.00 bits per heavy atom. The molecule has 0 amide bonds. The van der Waals surface area contributed by atoms with Crippen molar-refractivity contribution in [1.29, 1.82) is 0 Å². The van der Waals surface area contributed by atoms with Gasteiger partial charge in [0.2, 0.25) is 0 Å². The summed E-state index contributed by atoms with van der Waals surface area (Å²) in [5.41, 5.74) is -4.63. The summed E-state index contributed by atoms with van der Waals surface area (Å²) in [5, 5.41) is 23.6. The lowest BCUT2D eigenvalue weighted by Crippen LogP contribution is -2.76. The van der Waals surface area contributed by atoms with Crippen LogP contribution in [-0.2, 0) is 35.8 Å². The lowest BCUT2D eigenvalue weighted by atomic mass is 9.39. The van der Waals surface area contributed by atoms with Gasteiger partial charge in [-0.05, 0) is 54.6 Å². The number of aliphatic hydroxyl groups is 1. The quantitative estimate of drug-likeness (QED) is 0.519.